The number of hydrogen-bond donors (Lipinski definition) is 1. The van der Waals surface area contributed by atoms with Gasteiger partial charge in [0.25, 0.3) is 0 Å². The summed E-state index contributed by atoms with van der Waals surface area (Å²) in [5, 5.41) is 3.46. The summed E-state index contributed by atoms with van der Waals surface area (Å²) in [5.74, 6) is 1.79. The monoisotopic (exact) mass is 557 g/mol. The second-order valence-corrected chi connectivity index (χ2v) is 9.19. The van der Waals surface area contributed by atoms with Gasteiger partial charge in [0.2, 0.25) is 0 Å². The first-order valence-electron chi connectivity index (χ1n) is 12.2. The van der Waals surface area contributed by atoms with Crippen LogP contribution in [0, 0.1) is 5.92 Å². The molecule has 2 aliphatic heterocycles. The largest absolute Gasteiger partial charge is 0.381 e. The maximum atomic E-state index is 5.49. The number of aliphatic imine (C=N–C) groups is 1. The van der Waals surface area contributed by atoms with Crippen molar-refractivity contribution in [3.05, 3.63) is 35.4 Å². The zero-order valence-electron chi connectivity index (χ0n) is 20.4. The predicted octanol–water partition coefficient (Wildman–Crippen LogP) is 3.66. The minimum atomic E-state index is 0. The SMILES string of the molecule is CCNC(=NCc1ccc(CN2CCCN(C)CC2)cc1)N(C)CCC1CCOCC1.I. The average molecular weight is 558 g/mol. The molecule has 1 N–H and O–H groups in total. The van der Waals surface area contributed by atoms with Crippen LogP contribution in [0.5, 0.6) is 0 Å². The quantitative estimate of drug-likeness (QED) is 0.301. The molecular weight excluding hydrogens is 513 g/mol. The molecule has 0 aliphatic carbocycles. The predicted molar refractivity (Wildman–Crippen MR) is 145 cm³/mol. The summed E-state index contributed by atoms with van der Waals surface area (Å²) < 4.78 is 5.49. The minimum Gasteiger partial charge on any atom is -0.381 e. The van der Waals surface area contributed by atoms with Crippen LogP contribution < -0.4 is 5.32 Å². The third-order valence-electron chi connectivity index (χ3n) is 6.56. The van der Waals surface area contributed by atoms with Crippen molar-refractivity contribution in [1.29, 1.82) is 0 Å². The smallest absolute Gasteiger partial charge is 0.193 e. The van der Waals surface area contributed by atoms with Gasteiger partial charge < -0.3 is 19.9 Å². The van der Waals surface area contributed by atoms with E-state index in [2.05, 4.69) is 65.3 Å². The van der Waals surface area contributed by atoms with Crippen LogP contribution in [0.15, 0.2) is 29.3 Å². The maximum Gasteiger partial charge on any atom is 0.193 e. The Balaban J connectivity index is 0.00000363. The Hall–Kier alpha value is -0.900. The molecule has 0 amide bonds. The van der Waals surface area contributed by atoms with E-state index in [9.17, 15) is 0 Å². The van der Waals surface area contributed by atoms with Crippen molar-refractivity contribution >= 4 is 29.9 Å². The highest BCUT2D eigenvalue weighted by Crippen LogP contribution is 2.18. The molecule has 2 saturated heterocycles. The van der Waals surface area contributed by atoms with Crippen molar-refractivity contribution in [1.82, 2.24) is 20.0 Å². The number of rotatable bonds is 8. The molecule has 2 aliphatic rings. The van der Waals surface area contributed by atoms with Crippen LogP contribution in [-0.4, -0.2) is 87.2 Å². The van der Waals surface area contributed by atoms with Crippen molar-refractivity contribution in [3.8, 4) is 0 Å². The lowest BCUT2D eigenvalue weighted by atomic mass is 9.96. The third kappa shape index (κ3) is 9.53. The molecule has 182 valence electrons. The summed E-state index contributed by atoms with van der Waals surface area (Å²) in [4.78, 5) is 12.2. The second kappa shape index (κ2) is 15.1. The molecule has 0 unspecified atom stereocenters. The van der Waals surface area contributed by atoms with E-state index in [1.807, 2.05) is 0 Å². The third-order valence-corrected chi connectivity index (χ3v) is 6.56. The zero-order valence-corrected chi connectivity index (χ0v) is 22.7. The first kappa shape index (κ1) is 27.3. The van der Waals surface area contributed by atoms with Crippen LogP contribution in [0.2, 0.25) is 0 Å². The van der Waals surface area contributed by atoms with E-state index in [1.54, 1.807) is 0 Å². The lowest BCUT2D eigenvalue weighted by molar-refractivity contribution is 0.0625. The Kier molecular flexibility index (Phi) is 12.9. The van der Waals surface area contributed by atoms with Gasteiger partial charge in [-0.15, -0.1) is 24.0 Å². The number of halogens is 1. The van der Waals surface area contributed by atoms with Gasteiger partial charge in [-0.25, -0.2) is 4.99 Å². The van der Waals surface area contributed by atoms with E-state index in [1.165, 1.54) is 56.4 Å². The van der Waals surface area contributed by atoms with Gasteiger partial charge in [0.1, 0.15) is 0 Å². The Bertz CT molecular complexity index is 663. The molecule has 0 spiro atoms. The number of nitrogens with one attached hydrogen (secondary N) is 1. The van der Waals surface area contributed by atoms with Crippen LogP contribution >= 0.6 is 24.0 Å². The number of hydrogen-bond acceptors (Lipinski definition) is 4. The summed E-state index contributed by atoms with van der Waals surface area (Å²) >= 11 is 0. The molecule has 0 aromatic heterocycles. The fourth-order valence-electron chi connectivity index (χ4n) is 4.42. The summed E-state index contributed by atoms with van der Waals surface area (Å²) in [6, 6.07) is 9.05. The maximum absolute atomic E-state index is 5.49. The number of benzene rings is 1. The second-order valence-electron chi connectivity index (χ2n) is 9.19. The van der Waals surface area contributed by atoms with E-state index < -0.39 is 0 Å². The molecule has 0 saturated carbocycles. The lowest BCUT2D eigenvalue weighted by Gasteiger charge is -2.26. The summed E-state index contributed by atoms with van der Waals surface area (Å²) in [5.41, 5.74) is 2.67. The molecule has 32 heavy (non-hydrogen) atoms. The highest BCUT2D eigenvalue weighted by atomic mass is 127. The van der Waals surface area contributed by atoms with Gasteiger partial charge in [0.15, 0.2) is 5.96 Å². The highest BCUT2D eigenvalue weighted by Gasteiger charge is 2.15. The number of ether oxygens (including phenoxy) is 1. The number of nitrogens with zero attached hydrogens (tertiary/aromatic N) is 4. The normalized spacial score (nSPS) is 19.3. The van der Waals surface area contributed by atoms with Crippen molar-refractivity contribution in [2.75, 3.05) is 66.6 Å². The molecule has 1 aromatic carbocycles. The Morgan fingerprint density at radius 2 is 1.81 bits per heavy atom. The van der Waals surface area contributed by atoms with Crippen LogP contribution in [0.3, 0.4) is 0 Å². The fraction of sp³-hybridized carbons (Fsp3) is 0.720. The minimum absolute atomic E-state index is 0. The van der Waals surface area contributed by atoms with Gasteiger partial charge in [0.05, 0.1) is 6.54 Å². The molecular formula is C25H44IN5O. The summed E-state index contributed by atoms with van der Waals surface area (Å²) in [6.07, 6.45) is 4.87. The van der Waals surface area contributed by atoms with Crippen LogP contribution in [0.25, 0.3) is 0 Å². The molecule has 6 nitrogen and oxygen atoms in total. The van der Waals surface area contributed by atoms with E-state index in [0.717, 1.165) is 57.8 Å². The Morgan fingerprint density at radius 1 is 1.09 bits per heavy atom. The summed E-state index contributed by atoms with van der Waals surface area (Å²) in [7, 11) is 4.38. The molecule has 2 fully saturated rings. The Morgan fingerprint density at radius 3 is 2.53 bits per heavy atom. The van der Waals surface area contributed by atoms with Gasteiger partial charge >= 0.3 is 0 Å². The van der Waals surface area contributed by atoms with Gasteiger partial charge in [-0.2, -0.15) is 0 Å². The molecule has 2 heterocycles. The van der Waals surface area contributed by atoms with Gasteiger partial charge in [-0.3, -0.25) is 4.90 Å². The van der Waals surface area contributed by atoms with Crippen molar-refractivity contribution in [2.24, 2.45) is 10.9 Å². The molecule has 0 atom stereocenters. The van der Waals surface area contributed by atoms with Gasteiger partial charge in [-0.05, 0) is 69.8 Å². The standard InChI is InChI=1S/C25H43N5O.HI/c1-4-26-25(29(3)15-10-22-11-18-31-19-12-22)27-20-23-6-8-24(9-7-23)21-30-14-5-13-28(2)16-17-30;/h6-9,22H,4-5,10-21H2,1-3H3,(H,26,27);1H. The number of guanidine groups is 1. The van der Waals surface area contributed by atoms with E-state index in [-0.39, 0.29) is 24.0 Å². The summed E-state index contributed by atoms with van der Waals surface area (Å²) in [6.45, 7) is 12.4. The van der Waals surface area contributed by atoms with E-state index in [4.69, 9.17) is 9.73 Å². The molecule has 0 bridgehead atoms. The van der Waals surface area contributed by atoms with Crippen molar-refractivity contribution in [3.63, 3.8) is 0 Å². The molecule has 0 radical (unpaired) electrons. The van der Waals surface area contributed by atoms with Crippen LogP contribution in [0.1, 0.15) is 43.7 Å². The van der Waals surface area contributed by atoms with Gasteiger partial charge in [0, 0.05) is 53.0 Å². The zero-order chi connectivity index (χ0) is 21.9. The lowest BCUT2D eigenvalue weighted by Crippen LogP contribution is -2.40. The van der Waals surface area contributed by atoms with E-state index >= 15 is 0 Å². The van der Waals surface area contributed by atoms with Crippen LogP contribution in [-0.2, 0) is 17.8 Å². The van der Waals surface area contributed by atoms with Crippen molar-refractivity contribution in [2.45, 2.75) is 45.7 Å². The molecule has 7 heteroatoms. The first-order chi connectivity index (χ1) is 15.1. The van der Waals surface area contributed by atoms with E-state index in [0.29, 0.717) is 0 Å². The average Bonchev–Trinajstić information content (AvgIpc) is 3.00. The van der Waals surface area contributed by atoms with Crippen LogP contribution in [0.4, 0.5) is 0 Å². The van der Waals surface area contributed by atoms with Crippen molar-refractivity contribution < 1.29 is 4.74 Å². The number of likely N-dealkylation sites (N-methyl/N-ethyl adjacent to an activating group) is 1. The van der Waals surface area contributed by atoms with Gasteiger partial charge in [-0.1, -0.05) is 24.3 Å². The molecule has 3 rings (SSSR count). The molecule has 1 aromatic rings. The fourth-order valence-corrected chi connectivity index (χ4v) is 4.42. The topological polar surface area (TPSA) is 43.3 Å². The highest BCUT2D eigenvalue weighted by molar-refractivity contribution is 14.0. The first-order valence-corrected chi connectivity index (χ1v) is 12.2. The Labute approximate surface area is 212 Å².